The molecular formula is C19H20FN3O4S2. The van der Waals surface area contributed by atoms with Crippen LogP contribution in [0, 0.1) is 12.7 Å². The van der Waals surface area contributed by atoms with E-state index in [1.807, 2.05) is 6.26 Å². The Morgan fingerprint density at radius 3 is 2.76 bits per heavy atom. The van der Waals surface area contributed by atoms with Crippen LogP contribution in [0.15, 0.2) is 51.8 Å². The normalized spacial score (nSPS) is 12.8. The second kappa shape index (κ2) is 8.93. The molecule has 0 bridgehead atoms. The number of aromatic nitrogens is 1. The molecule has 1 unspecified atom stereocenters. The first-order valence-electron chi connectivity index (χ1n) is 8.74. The van der Waals surface area contributed by atoms with E-state index in [0.29, 0.717) is 28.4 Å². The van der Waals surface area contributed by atoms with Gasteiger partial charge in [-0.3, -0.25) is 4.79 Å². The van der Waals surface area contributed by atoms with Gasteiger partial charge in [0, 0.05) is 18.7 Å². The van der Waals surface area contributed by atoms with E-state index in [4.69, 9.17) is 4.42 Å². The van der Waals surface area contributed by atoms with E-state index in [9.17, 15) is 17.6 Å². The van der Waals surface area contributed by atoms with Crippen molar-refractivity contribution in [2.45, 2.75) is 24.3 Å². The molecule has 29 heavy (non-hydrogen) atoms. The summed E-state index contributed by atoms with van der Waals surface area (Å²) in [6, 6.07) is 8.92. The van der Waals surface area contributed by atoms with E-state index >= 15 is 0 Å². The lowest BCUT2D eigenvalue weighted by atomic mass is 10.2. The molecule has 154 valence electrons. The molecule has 2 aromatic carbocycles. The van der Waals surface area contributed by atoms with Gasteiger partial charge in [-0.05, 0) is 42.7 Å². The fourth-order valence-electron chi connectivity index (χ4n) is 2.74. The van der Waals surface area contributed by atoms with Gasteiger partial charge in [0.25, 0.3) is 0 Å². The predicted molar refractivity (Wildman–Crippen MR) is 111 cm³/mol. The van der Waals surface area contributed by atoms with Crippen LogP contribution in [-0.4, -0.2) is 37.4 Å². The summed E-state index contributed by atoms with van der Waals surface area (Å²) in [5.41, 5.74) is 1.60. The summed E-state index contributed by atoms with van der Waals surface area (Å²) in [6.45, 7) is 1.72. The van der Waals surface area contributed by atoms with Crippen molar-refractivity contribution in [1.29, 1.82) is 0 Å². The Morgan fingerprint density at radius 1 is 1.28 bits per heavy atom. The SMILES string of the molecule is CSCCC(NS(=O)(=O)c1ccccc1F)C(=O)Nc1ccc2nc(C)oc2c1. The van der Waals surface area contributed by atoms with E-state index in [1.54, 1.807) is 25.1 Å². The van der Waals surface area contributed by atoms with Crippen LogP contribution in [0.25, 0.3) is 11.1 Å². The van der Waals surface area contributed by atoms with Crippen LogP contribution < -0.4 is 10.0 Å². The first-order chi connectivity index (χ1) is 13.8. The smallest absolute Gasteiger partial charge is 0.244 e. The molecule has 0 saturated heterocycles. The fraction of sp³-hybridized carbons (Fsp3) is 0.263. The zero-order valence-corrected chi connectivity index (χ0v) is 17.4. The highest BCUT2D eigenvalue weighted by Crippen LogP contribution is 2.21. The maximum absolute atomic E-state index is 13.9. The molecule has 0 radical (unpaired) electrons. The van der Waals surface area contributed by atoms with Crippen LogP contribution in [-0.2, 0) is 14.8 Å². The van der Waals surface area contributed by atoms with Gasteiger partial charge < -0.3 is 9.73 Å². The number of rotatable bonds is 8. The number of nitrogens with one attached hydrogen (secondary N) is 2. The highest BCUT2D eigenvalue weighted by Gasteiger charge is 2.27. The number of thioether (sulfide) groups is 1. The number of sulfonamides is 1. The van der Waals surface area contributed by atoms with E-state index in [1.165, 1.54) is 23.9 Å². The van der Waals surface area contributed by atoms with Gasteiger partial charge in [0.1, 0.15) is 22.3 Å². The summed E-state index contributed by atoms with van der Waals surface area (Å²) in [4.78, 5) is 16.5. The number of oxazole rings is 1. The summed E-state index contributed by atoms with van der Waals surface area (Å²) < 4.78 is 46.9. The summed E-state index contributed by atoms with van der Waals surface area (Å²) in [7, 11) is -4.21. The van der Waals surface area contributed by atoms with Gasteiger partial charge >= 0.3 is 0 Å². The Kier molecular flexibility index (Phi) is 6.56. The number of hydrogen-bond acceptors (Lipinski definition) is 6. The van der Waals surface area contributed by atoms with Crippen molar-refractivity contribution in [3.63, 3.8) is 0 Å². The van der Waals surface area contributed by atoms with Crippen LogP contribution in [0.1, 0.15) is 12.3 Å². The molecule has 0 saturated carbocycles. The van der Waals surface area contributed by atoms with E-state index < -0.39 is 32.7 Å². The highest BCUT2D eigenvalue weighted by molar-refractivity contribution is 7.98. The first-order valence-corrected chi connectivity index (χ1v) is 11.6. The molecule has 0 aliphatic rings. The topological polar surface area (TPSA) is 101 Å². The molecular weight excluding hydrogens is 417 g/mol. The number of fused-ring (bicyclic) bond motifs is 1. The summed E-state index contributed by atoms with van der Waals surface area (Å²) >= 11 is 1.47. The third-order valence-corrected chi connectivity index (χ3v) is 6.26. The third kappa shape index (κ3) is 5.14. The molecule has 1 heterocycles. The molecule has 0 aliphatic carbocycles. The van der Waals surface area contributed by atoms with Crippen molar-refractivity contribution >= 4 is 44.5 Å². The number of nitrogens with zero attached hydrogens (tertiary/aromatic N) is 1. The standard InChI is InChI=1S/C19H20FN3O4S2/c1-12-21-15-8-7-13(11-17(15)27-12)22-19(24)16(9-10-28-2)23-29(25,26)18-6-4-3-5-14(18)20/h3-8,11,16,23H,9-10H2,1-2H3,(H,22,24). The summed E-state index contributed by atoms with van der Waals surface area (Å²) in [5, 5.41) is 2.68. The van der Waals surface area contributed by atoms with Crippen molar-refractivity contribution in [3.8, 4) is 0 Å². The molecule has 0 spiro atoms. The van der Waals surface area contributed by atoms with Crippen molar-refractivity contribution in [3.05, 3.63) is 54.2 Å². The third-order valence-electron chi connectivity index (χ3n) is 4.11. The minimum Gasteiger partial charge on any atom is -0.441 e. The molecule has 1 atom stereocenters. The fourth-order valence-corrected chi connectivity index (χ4v) is 4.52. The Balaban J connectivity index is 1.81. The van der Waals surface area contributed by atoms with Gasteiger partial charge in [-0.2, -0.15) is 16.5 Å². The summed E-state index contributed by atoms with van der Waals surface area (Å²) in [5.74, 6) is -0.387. The number of amides is 1. The zero-order chi connectivity index (χ0) is 21.0. The Morgan fingerprint density at radius 2 is 2.03 bits per heavy atom. The Labute approximate surface area is 172 Å². The Hall–Kier alpha value is -2.43. The number of benzene rings is 2. The average Bonchev–Trinajstić information content (AvgIpc) is 3.04. The lowest BCUT2D eigenvalue weighted by Crippen LogP contribution is -2.44. The molecule has 3 aromatic rings. The largest absolute Gasteiger partial charge is 0.441 e. The maximum Gasteiger partial charge on any atom is 0.244 e. The van der Waals surface area contributed by atoms with E-state index in [-0.39, 0.29) is 6.42 Å². The zero-order valence-electron chi connectivity index (χ0n) is 15.8. The molecule has 7 nitrogen and oxygen atoms in total. The number of anilines is 1. The van der Waals surface area contributed by atoms with Crippen LogP contribution in [0.5, 0.6) is 0 Å². The van der Waals surface area contributed by atoms with Crippen LogP contribution in [0.2, 0.25) is 0 Å². The van der Waals surface area contributed by atoms with Gasteiger partial charge in [0.2, 0.25) is 15.9 Å². The monoisotopic (exact) mass is 437 g/mol. The van der Waals surface area contributed by atoms with Crippen molar-refractivity contribution in [2.75, 3.05) is 17.3 Å². The van der Waals surface area contributed by atoms with Gasteiger partial charge in [-0.25, -0.2) is 17.8 Å². The molecule has 1 aromatic heterocycles. The number of carbonyl (C=O) groups excluding carboxylic acids is 1. The number of carbonyl (C=O) groups is 1. The molecule has 3 rings (SSSR count). The molecule has 0 fully saturated rings. The highest BCUT2D eigenvalue weighted by atomic mass is 32.2. The molecule has 1 amide bonds. The van der Waals surface area contributed by atoms with Gasteiger partial charge in [0.05, 0.1) is 0 Å². The van der Waals surface area contributed by atoms with E-state index in [2.05, 4.69) is 15.0 Å². The molecule has 10 heteroatoms. The van der Waals surface area contributed by atoms with Crippen molar-refractivity contribution in [2.24, 2.45) is 0 Å². The van der Waals surface area contributed by atoms with Crippen LogP contribution >= 0.6 is 11.8 Å². The minimum absolute atomic E-state index is 0.240. The maximum atomic E-state index is 13.9. The number of halogens is 1. The Bertz CT molecular complexity index is 1130. The number of hydrogen-bond donors (Lipinski definition) is 2. The lowest BCUT2D eigenvalue weighted by Gasteiger charge is -2.18. The molecule has 2 N–H and O–H groups in total. The van der Waals surface area contributed by atoms with Crippen molar-refractivity contribution in [1.82, 2.24) is 9.71 Å². The van der Waals surface area contributed by atoms with Crippen LogP contribution in [0.3, 0.4) is 0 Å². The number of aryl methyl sites for hydroxylation is 1. The predicted octanol–water partition coefficient (Wildman–Crippen LogP) is 3.31. The van der Waals surface area contributed by atoms with Crippen LogP contribution in [0.4, 0.5) is 10.1 Å². The summed E-state index contributed by atoms with van der Waals surface area (Å²) in [6.07, 6.45) is 2.09. The van der Waals surface area contributed by atoms with Gasteiger partial charge in [-0.1, -0.05) is 12.1 Å². The lowest BCUT2D eigenvalue weighted by molar-refractivity contribution is -0.117. The van der Waals surface area contributed by atoms with Gasteiger partial charge in [-0.15, -0.1) is 0 Å². The minimum atomic E-state index is -4.21. The quantitative estimate of drug-likeness (QED) is 0.561. The molecule has 0 aliphatic heterocycles. The van der Waals surface area contributed by atoms with Crippen molar-refractivity contribution < 1.29 is 22.0 Å². The first kappa shape index (κ1) is 21.3. The average molecular weight is 438 g/mol. The van der Waals surface area contributed by atoms with Gasteiger partial charge in [0.15, 0.2) is 11.5 Å². The van der Waals surface area contributed by atoms with E-state index in [0.717, 1.165) is 12.1 Å². The second-order valence-electron chi connectivity index (χ2n) is 6.29. The second-order valence-corrected chi connectivity index (χ2v) is 8.96.